The third kappa shape index (κ3) is 2.48. The van der Waals surface area contributed by atoms with Gasteiger partial charge < -0.3 is 9.58 Å². The van der Waals surface area contributed by atoms with Crippen LogP contribution >= 0.6 is 0 Å². The second-order valence-electron chi connectivity index (χ2n) is 2.81. The van der Waals surface area contributed by atoms with E-state index in [9.17, 15) is 0 Å². The maximum Gasteiger partial charge on any atom is 0.245 e. The van der Waals surface area contributed by atoms with E-state index in [1.165, 1.54) is 0 Å². The van der Waals surface area contributed by atoms with E-state index in [1.54, 1.807) is 0 Å². The minimum Gasteiger partial charge on any atom is -0.494 e. The van der Waals surface area contributed by atoms with Crippen LogP contribution < -0.4 is 4.74 Å². The van der Waals surface area contributed by atoms with E-state index in [2.05, 4.69) is 4.85 Å². The van der Waals surface area contributed by atoms with Gasteiger partial charge in [0.25, 0.3) is 0 Å². The molecule has 0 radical (unpaired) electrons. The first kappa shape index (κ1) is 9.60. The van der Waals surface area contributed by atoms with Gasteiger partial charge in [-0.3, -0.25) is 0 Å². The molecule has 0 heterocycles. The van der Waals surface area contributed by atoms with Crippen LogP contribution in [0.25, 0.3) is 4.85 Å². The van der Waals surface area contributed by atoms with Gasteiger partial charge in [0.15, 0.2) is 0 Å². The first-order valence-electron chi connectivity index (χ1n) is 4.37. The van der Waals surface area contributed by atoms with Gasteiger partial charge >= 0.3 is 0 Å². The summed E-state index contributed by atoms with van der Waals surface area (Å²) in [5.41, 5.74) is 1.04. The minimum absolute atomic E-state index is 0.0596. The zero-order valence-corrected chi connectivity index (χ0v) is 7.95. The Balaban J connectivity index is 2.76. The summed E-state index contributed by atoms with van der Waals surface area (Å²) in [6.45, 7) is 11.4. The van der Waals surface area contributed by atoms with Crippen molar-refractivity contribution in [1.29, 1.82) is 0 Å². The van der Waals surface area contributed by atoms with Crippen molar-refractivity contribution in [3.8, 4) is 5.75 Å². The molecule has 13 heavy (non-hydrogen) atoms. The van der Waals surface area contributed by atoms with Gasteiger partial charge in [0.05, 0.1) is 6.61 Å². The summed E-state index contributed by atoms with van der Waals surface area (Å²) < 4.78 is 5.30. The first-order valence-corrected chi connectivity index (χ1v) is 4.37. The van der Waals surface area contributed by atoms with Gasteiger partial charge in [0, 0.05) is 12.5 Å². The van der Waals surface area contributed by atoms with E-state index >= 15 is 0 Å². The molecule has 0 saturated heterocycles. The Kier molecular flexibility index (Phi) is 3.33. The number of hydrogen-bond acceptors (Lipinski definition) is 1. The fraction of sp³-hybridized carbons (Fsp3) is 0.364. The second kappa shape index (κ2) is 4.51. The van der Waals surface area contributed by atoms with E-state index < -0.39 is 0 Å². The van der Waals surface area contributed by atoms with Crippen LogP contribution in [0.2, 0.25) is 0 Å². The minimum atomic E-state index is -0.0596. The van der Waals surface area contributed by atoms with Crippen molar-refractivity contribution in [1.82, 2.24) is 0 Å². The number of benzene rings is 1. The van der Waals surface area contributed by atoms with Gasteiger partial charge in [-0.1, -0.05) is 0 Å². The molecule has 1 rings (SSSR count). The lowest BCUT2D eigenvalue weighted by Crippen LogP contribution is -1.92. The SMILES string of the molecule is [C-]#[N+]C(C)c1ccc(OCC)cc1. The van der Waals surface area contributed by atoms with Crippen LogP contribution in [0.4, 0.5) is 0 Å². The summed E-state index contributed by atoms with van der Waals surface area (Å²) in [7, 11) is 0. The lowest BCUT2D eigenvalue weighted by atomic mass is 10.1. The van der Waals surface area contributed by atoms with Crippen LogP contribution in [-0.4, -0.2) is 6.61 Å². The Hall–Kier alpha value is -1.49. The summed E-state index contributed by atoms with van der Waals surface area (Å²) in [6.07, 6.45) is 0. The Morgan fingerprint density at radius 3 is 2.46 bits per heavy atom. The monoisotopic (exact) mass is 175 g/mol. The van der Waals surface area contributed by atoms with Crippen molar-refractivity contribution in [2.24, 2.45) is 0 Å². The lowest BCUT2D eigenvalue weighted by molar-refractivity contribution is 0.340. The lowest BCUT2D eigenvalue weighted by Gasteiger charge is -2.03. The Morgan fingerprint density at radius 1 is 1.38 bits per heavy atom. The molecule has 0 amide bonds. The number of ether oxygens (including phenoxy) is 1. The maximum atomic E-state index is 6.87. The van der Waals surface area contributed by atoms with E-state index in [0.29, 0.717) is 6.61 Å². The molecule has 1 aromatic carbocycles. The van der Waals surface area contributed by atoms with Crippen molar-refractivity contribution >= 4 is 0 Å². The zero-order valence-electron chi connectivity index (χ0n) is 7.95. The molecular formula is C11H13NO. The summed E-state index contributed by atoms with van der Waals surface area (Å²) in [6, 6.07) is 7.62. The normalized spacial score (nSPS) is 11.8. The Morgan fingerprint density at radius 2 is 2.00 bits per heavy atom. The highest BCUT2D eigenvalue weighted by molar-refractivity contribution is 5.29. The molecule has 0 bridgehead atoms. The molecule has 0 aliphatic carbocycles. The van der Waals surface area contributed by atoms with Crippen LogP contribution in [0.15, 0.2) is 24.3 Å². The van der Waals surface area contributed by atoms with Crippen LogP contribution in [0.1, 0.15) is 25.5 Å². The highest BCUT2D eigenvalue weighted by Crippen LogP contribution is 2.19. The largest absolute Gasteiger partial charge is 0.494 e. The second-order valence-corrected chi connectivity index (χ2v) is 2.81. The molecule has 0 aliphatic heterocycles. The molecule has 0 aromatic heterocycles. The van der Waals surface area contributed by atoms with Crippen molar-refractivity contribution < 1.29 is 4.74 Å². The molecule has 0 saturated carbocycles. The van der Waals surface area contributed by atoms with Crippen LogP contribution in [0.3, 0.4) is 0 Å². The van der Waals surface area contributed by atoms with Gasteiger partial charge in [-0.25, -0.2) is 6.57 Å². The number of nitrogens with zero attached hydrogens (tertiary/aromatic N) is 1. The Labute approximate surface area is 79.0 Å². The predicted molar refractivity (Wildman–Crippen MR) is 52.6 cm³/mol. The number of hydrogen-bond donors (Lipinski definition) is 0. The summed E-state index contributed by atoms with van der Waals surface area (Å²) in [5, 5.41) is 0. The molecular weight excluding hydrogens is 162 g/mol. The fourth-order valence-corrected chi connectivity index (χ4v) is 1.08. The quantitative estimate of drug-likeness (QED) is 0.644. The summed E-state index contributed by atoms with van der Waals surface area (Å²) >= 11 is 0. The van der Waals surface area contributed by atoms with Crippen LogP contribution in [0, 0.1) is 6.57 Å². The van der Waals surface area contributed by atoms with E-state index in [1.807, 2.05) is 38.1 Å². The zero-order chi connectivity index (χ0) is 9.68. The summed E-state index contributed by atoms with van der Waals surface area (Å²) in [4.78, 5) is 3.44. The first-order chi connectivity index (χ1) is 6.27. The highest BCUT2D eigenvalue weighted by atomic mass is 16.5. The van der Waals surface area contributed by atoms with E-state index in [0.717, 1.165) is 11.3 Å². The van der Waals surface area contributed by atoms with Gasteiger partial charge in [-0.15, -0.1) is 0 Å². The van der Waals surface area contributed by atoms with Crippen molar-refractivity contribution in [3.05, 3.63) is 41.2 Å². The van der Waals surface area contributed by atoms with Gasteiger partial charge in [-0.2, -0.15) is 0 Å². The standard InChI is InChI=1S/C11H13NO/c1-4-13-11-7-5-10(6-8-11)9(2)12-3/h5-9H,4H2,1-2H3. The van der Waals surface area contributed by atoms with Crippen LogP contribution in [-0.2, 0) is 0 Å². The van der Waals surface area contributed by atoms with Crippen molar-refractivity contribution in [2.45, 2.75) is 19.9 Å². The molecule has 1 atom stereocenters. The third-order valence-electron chi connectivity index (χ3n) is 1.87. The predicted octanol–water partition coefficient (Wildman–Crippen LogP) is 3.07. The third-order valence-corrected chi connectivity index (χ3v) is 1.87. The molecule has 2 nitrogen and oxygen atoms in total. The molecule has 68 valence electrons. The fourth-order valence-electron chi connectivity index (χ4n) is 1.08. The van der Waals surface area contributed by atoms with Gasteiger partial charge in [-0.05, 0) is 31.2 Å². The van der Waals surface area contributed by atoms with Crippen LogP contribution in [0.5, 0.6) is 5.75 Å². The number of rotatable bonds is 3. The summed E-state index contributed by atoms with van der Waals surface area (Å²) in [5.74, 6) is 0.864. The smallest absolute Gasteiger partial charge is 0.245 e. The molecule has 1 unspecified atom stereocenters. The Bertz CT molecular complexity index is 297. The average molecular weight is 175 g/mol. The molecule has 0 aliphatic rings. The van der Waals surface area contributed by atoms with E-state index in [4.69, 9.17) is 11.3 Å². The molecule has 0 N–H and O–H groups in total. The molecule has 1 aromatic rings. The molecule has 0 fully saturated rings. The molecule has 0 spiro atoms. The average Bonchev–Trinajstić information content (AvgIpc) is 2.18. The highest BCUT2D eigenvalue weighted by Gasteiger charge is 2.06. The van der Waals surface area contributed by atoms with E-state index in [-0.39, 0.29) is 6.04 Å². The van der Waals surface area contributed by atoms with Crippen molar-refractivity contribution in [2.75, 3.05) is 6.61 Å². The molecule has 2 heteroatoms. The van der Waals surface area contributed by atoms with Gasteiger partial charge in [0.2, 0.25) is 6.04 Å². The van der Waals surface area contributed by atoms with Gasteiger partial charge in [0.1, 0.15) is 5.75 Å². The topological polar surface area (TPSA) is 13.6 Å². The maximum absolute atomic E-state index is 6.87. The van der Waals surface area contributed by atoms with Crippen molar-refractivity contribution in [3.63, 3.8) is 0 Å².